The van der Waals surface area contributed by atoms with E-state index < -0.39 is 17.9 Å². The quantitative estimate of drug-likeness (QED) is 0.784. The third kappa shape index (κ3) is 2.54. The first kappa shape index (κ1) is 12.2. The van der Waals surface area contributed by atoms with Crippen LogP contribution in [0.3, 0.4) is 0 Å². The molecule has 0 aromatic carbocycles. The number of likely N-dealkylation sites (tertiary alicyclic amines) is 1. The van der Waals surface area contributed by atoms with Crippen molar-refractivity contribution >= 4 is 0 Å². The highest BCUT2D eigenvalue weighted by atomic mass is 19.3. The van der Waals surface area contributed by atoms with Crippen LogP contribution in [0.2, 0.25) is 0 Å². The van der Waals surface area contributed by atoms with Crippen LogP contribution >= 0.6 is 0 Å². The third-order valence-corrected chi connectivity index (χ3v) is 3.94. The van der Waals surface area contributed by atoms with Crippen molar-refractivity contribution in [1.29, 1.82) is 0 Å². The fraction of sp³-hybridized carbons (Fsp3) is 1.00. The van der Waals surface area contributed by atoms with Crippen LogP contribution in [0, 0.1) is 5.92 Å². The van der Waals surface area contributed by atoms with Crippen molar-refractivity contribution in [1.82, 2.24) is 10.2 Å². The minimum atomic E-state index is -2.53. The molecule has 0 saturated carbocycles. The normalized spacial score (nSPS) is 33.9. The summed E-state index contributed by atoms with van der Waals surface area (Å²) in [5, 5.41) is 3.00. The molecule has 0 aromatic heterocycles. The summed E-state index contributed by atoms with van der Waals surface area (Å²) in [4.78, 5) is 2.03. The highest BCUT2D eigenvalue weighted by Crippen LogP contribution is 2.37. The van der Waals surface area contributed by atoms with Crippen LogP contribution in [-0.2, 0) is 0 Å². The maximum absolute atomic E-state index is 14.3. The van der Waals surface area contributed by atoms with E-state index in [0.29, 0.717) is 19.4 Å². The second-order valence-corrected chi connectivity index (χ2v) is 5.28. The van der Waals surface area contributed by atoms with E-state index in [4.69, 9.17) is 0 Å². The van der Waals surface area contributed by atoms with E-state index >= 15 is 0 Å². The van der Waals surface area contributed by atoms with Gasteiger partial charge in [0.05, 0.1) is 6.04 Å². The number of alkyl halides is 2. The first-order chi connectivity index (χ1) is 7.60. The molecule has 2 aliphatic heterocycles. The second kappa shape index (κ2) is 4.96. The number of nitrogens with one attached hydrogen (secondary N) is 1. The third-order valence-electron chi connectivity index (χ3n) is 3.94. The molecule has 0 aliphatic carbocycles. The first-order valence-corrected chi connectivity index (χ1v) is 6.40. The molecular formula is C12H22F2N2. The topological polar surface area (TPSA) is 15.3 Å². The minimum Gasteiger partial charge on any atom is -0.309 e. The van der Waals surface area contributed by atoms with E-state index in [1.165, 1.54) is 0 Å². The lowest BCUT2D eigenvalue weighted by molar-refractivity contribution is -0.112. The van der Waals surface area contributed by atoms with Gasteiger partial charge in [-0.1, -0.05) is 6.42 Å². The van der Waals surface area contributed by atoms with Gasteiger partial charge in [-0.15, -0.1) is 0 Å². The van der Waals surface area contributed by atoms with Crippen molar-refractivity contribution in [2.75, 3.05) is 26.7 Å². The standard InChI is InChI=1S/C12H22F2N2/c1-16-8-4-5-10(9-16)12(13,14)11-6-2-3-7-15-11/h10-11,15H,2-9H2,1H3. The molecule has 2 nitrogen and oxygen atoms in total. The van der Waals surface area contributed by atoms with E-state index in [0.717, 1.165) is 32.4 Å². The zero-order valence-electron chi connectivity index (χ0n) is 10.0. The van der Waals surface area contributed by atoms with Gasteiger partial charge in [0.15, 0.2) is 0 Å². The molecule has 0 amide bonds. The molecule has 0 radical (unpaired) electrons. The summed E-state index contributed by atoms with van der Waals surface area (Å²) in [7, 11) is 1.94. The Kier molecular flexibility index (Phi) is 3.80. The van der Waals surface area contributed by atoms with Gasteiger partial charge in [-0.25, -0.2) is 8.78 Å². The summed E-state index contributed by atoms with van der Waals surface area (Å²) in [6.07, 6.45) is 4.19. The van der Waals surface area contributed by atoms with Crippen LogP contribution in [0.15, 0.2) is 0 Å². The first-order valence-electron chi connectivity index (χ1n) is 6.40. The number of halogens is 2. The van der Waals surface area contributed by atoms with Crippen molar-refractivity contribution in [2.24, 2.45) is 5.92 Å². The van der Waals surface area contributed by atoms with Gasteiger partial charge < -0.3 is 10.2 Å². The largest absolute Gasteiger partial charge is 0.309 e. The molecule has 0 bridgehead atoms. The Bertz CT molecular complexity index is 227. The molecule has 2 aliphatic rings. The van der Waals surface area contributed by atoms with Crippen molar-refractivity contribution in [3.63, 3.8) is 0 Å². The van der Waals surface area contributed by atoms with Gasteiger partial charge in [0.25, 0.3) is 5.92 Å². The van der Waals surface area contributed by atoms with Gasteiger partial charge in [0, 0.05) is 12.5 Å². The SMILES string of the molecule is CN1CCCC(C(F)(F)C2CCCCN2)C1. The molecule has 2 unspecified atom stereocenters. The molecule has 2 atom stereocenters. The molecule has 0 aromatic rings. The molecule has 4 heteroatoms. The van der Waals surface area contributed by atoms with E-state index in [1.54, 1.807) is 0 Å². The maximum atomic E-state index is 14.3. The Balaban J connectivity index is 1.98. The van der Waals surface area contributed by atoms with E-state index in [1.807, 2.05) is 11.9 Å². The predicted molar refractivity (Wildman–Crippen MR) is 60.8 cm³/mol. The number of hydrogen-bond donors (Lipinski definition) is 1. The second-order valence-electron chi connectivity index (χ2n) is 5.28. The van der Waals surface area contributed by atoms with Crippen LogP contribution in [0.4, 0.5) is 8.78 Å². The Morgan fingerprint density at radius 3 is 2.62 bits per heavy atom. The number of rotatable bonds is 2. The fourth-order valence-electron chi connectivity index (χ4n) is 2.95. The smallest absolute Gasteiger partial charge is 0.267 e. The summed E-state index contributed by atoms with van der Waals surface area (Å²) in [5.74, 6) is -2.99. The van der Waals surface area contributed by atoms with Crippen molar-refractivity contribution in [3.8, 4) is 0 Å². The lowest BCUT2D eigenvalue weighted by atomic mass is 9.85. The molecule has 94 valence electrons. The molecule has 16 heavy (non-hydrogen) atoms. The van der Waals surface area contributed by atoms with Gasteiger partial charge in [-0.3, -0.25) is 0 Å². The van der Waals surface area contributed by atoms with Crippen LogP contribution in [0.25, 0.3) is 0 Å². The Hall–Kier alpha value is -0.220. The van der Waals surface area contributed by atoms with Crippen LogP contribution in [-0.4, -0.2) is 43.5 Å². The molecule has 0 spiro atoms. The Morgan fingerprint density at radius 2 is 2.00 bits per heavy atom. The molecule has 2 fully saturated rings. The lowest BCUT2D eigenvalue weighted by Gasteiger charge is -2.40. The van der Waals surface area contributed by atoms with Crippen LogP contribution in [0.1, 0.15) is 32.1 Å². The lowest BCUT2D eigenvalue weighted by Crippen LogP contribution is -2.54. The molecule has 2 saturated heterocycles. The zero-order valence-corrected chi connectivity index (χ0v) is 10.0. The Morgan fingerprint density at radius 1 is 1.19 bits per heavy atom. The monoisotopic (exact) mass is 232 g/mol. The van der Waals surface area contributed by atoms with E-state index in [9.17, 15) is 8.78 Å². The highest BCUT2D eigenvalue weighted by molar-refractivity contribution is 4.93. The summed E-state index contributed by atoms with van der Waals surface area (Å²) >= 11 is 0. The van der Waals surface area contributed by atoms with E-state index in [2.05, 4.69) is 5.32 Å². The number of nitrogens with zero attached hydrogens (tertiary/aromatic N) is 1. The Labute approximate surface area is 96.4 Å². The average molecular weight is 232 g/mol. The highest BCUT2D eigenvalue weighted by Gasteiger charge is 2.47. The summed E-state index contributed by atoms with van der Waals surface area (Å²) in [5.41, 5.74) is 0. The summed E-state index contributed by atoms with van der Waals surface area (Å²) in [6, 6.07) is -0.585. The van der Waals surface area contributed by atoms with Crippen molar-refractivity contribution < 1.29 is 8.78 Å². The van der Waals surface area contributed by atoms with Gasteiger partial charge in [-0.2, -0.15) is 0 Å². The maximum Gasteiger partial charge on any atom is 0.267 e. The van der Waals surface area contributed by atoms with Crippen molar-refractivity contribution in [3.05, 3.63) is 0 Å². The van der Waals surface area contributed by atoms with Gasteiger partial charge in [0.2, 0.25) is 0 Å². The molecule has 1 N–H and O–H groups in total. The van der Waals surface area contributed by atoms with Crippen LogP contribution < -0.4 is 5.32 Å². The van der Waals surface area contributed by atoms with Crippen molar-refractivity contribution in [2.45, 2.75) is 44.1 Å². The summed E-state index contributed by atoms with van der Waals surface area (Å²) in [6.45, 7) is 2.26. The predicted octanol–water partition coefficient (Wildman–Crippen LogP) is 2.11. The fourth-order valence-corrected chi connectivity index (χ4v) is 2.95. The van der Waals surface area contributed by atoms with Crippen LogP contribution in [0.5, 0.6) is 0 Å². The molecular weight excluding hydrogens is 210 g/mol. The van der Waals surface area contributed by atoms with Gasteiger partial charge >= 0.3 is 0 Å². The minimum absolute atomic E-state index is 0.457. The number of hydrogen-bond acceptors (Lipinski definition) is 2. The molecule has 2 rings (SSSR count). The van der Waals surface area contributed by atoms with Gasteiger partial charge in [0.1, 0.15) is 0 Å². The van der Waals surface area contributed by atoms with Gasteiger partial charge in [-0.05, 0) is 45.8 Å². The zero-order chi connectivity index (χ0) is 11.6. The summed E-state index contributed by atoms with van der Waals surface area (Å²) < 4.78 is 28.6. The number of piperidine rings is 2. The average Bonchev–Trinajstić information content (AvgIpc) is 2.30. The molecule has 2 heterocycles. The van der Waals surface area contributed by atoms with E-state index in [-0.39, 0.29) is 0 Å².